The van der Waals surface area contributed by atoms with Crippen molar-refractivity contribution in [3.63, 3.8) is 0 Å². The van der Waals surface area contributed by atoms with Gasteiger partial charge in [0.05, 0.1) is 0 Å². The number of carbonyl (C=O) groups is 1. The summed E-state index contributed by atoms with van der Waals surface area (Å²) in [5.41, 5.74) is 7.56. The lowest BCUT2D eigenvalue weighted by molar-refractivity contribution is 0.103. The maximum absolute atomic E-state index is 12.3. The Morgan fingerprint density at radius 2 is 1.95 bits per heavy atom. The van der Waals surface area contributed by atoms with E-state index >= 15 is 0 Å². The maximum Gasteiger partial charge on any atom is 0.269 e. The van der Waals surface area contributed by atoms with Crippen molar-refractivity contribution in [2.45, 2.75) is 0 Å². The van der Waals surface area contributed by atoms with Gasteiger partial charge in [-0.15, -0.1) is 0 Å². The topological polar surface area (TPSA) is 74.5 Å². The number of nitrogens with one attached hydrogen (secondary N) is 1. The van der Waals surface area contributed by atoms with Crippen molar-refractivity contribution < 1.29 is 4.79 Å². The average molecular weight is 305 g/mol. The highest BCUT2D eigenvalue weighted by Crippen LogP contribution is 2.28. The van der Waals surface area contributed by atoms with E-state index in [1.165, 1.54) is 11.3 Å². The Morgan fingerprint density at radius 3 is 2.52 bits per heavy atom. The largest absolute Gasteiger partial charge is 0.382 e. The number of hydrogen-bond acceptors (Lipinski definition) is 6. The Morgan fingerprint density at radius 1 is 1.24 bits per heavy atom. The maximum atomic E-state index is 12.3. The van der Waals surface area contributed by atoms with Crippen LogP contribution in [0.2, 0.25) is 0 Å². The number of nitrogens with two attached hydrogens (primary N) is 1. The van der Waals surface area contributed by atoms with Crippen LogP contribution >= 0.6 is 11.3 Å². The Kier molecular flexibility index (Phi) is 4.32. The molecule has 1 amide bonds. The fraction of sp³-hybridized carbons (Fsp3) is 0.286. The molecular formula is C14H19N5OS. The molecule has 1 aromatic carbocycles. The fourth-order valence-electron chi connectivity index (χ4n) is 1.72. The number of amides is 1. The third-order valence-corrected chi connectivity index (χ3v) is 4.09. The molecule has 0 bridgehead atoms. The SMILES string of the molecule is CN(C)c1cccc(NC(=O)c2sc(N(C)C)nc2N)c1. The van der Waals surface area contributed by atoms with Crippen molar-refractivity contribution in [2.75, 3.05) is 49.0 Å². The van der Waals surface area contributed by atoms with Gasteiger partial charge in [-0.05, 0) is 18.2 Å². The van der Waals surface area contributed by atoms with E-state index < -0.39 is 0 Å². The number of hydrogen-bond donors (Lipinski definition) is 2. The number of aromatic nitrogens is 1. The number of benzene rings is 1. The first kappa shape index (κ1) is 15.1. The molecule has 0 saturated carbocycles. The average Bonchev–Trinajstić information content (AvgIpc) is 2.81. The molecule has 0 unspecified atom stereocenters. The number of nitrogen functional groups attached to an aromatic ring is 1. The lowest BCUT2D eigenvalue weighted by Crippen LogP contribution is -2.13. The zero-order valence-electron chi connectivity index (χ0n) is 12.5. The lowest BCUT2D eigenvalue weighted by Gasteiger charge is -2.13. The molecule has 21 heavy (non-hydrogen) atoms. The van der Waals surface area contributed by atoms with Crippen molar-refractivity contribution in [1.82, 2.24) is 4.98 Å². The number of carbonyl (C=O) groups excluding carboxylic acids is 1. The zero-order chi connectivity index (χ0) is 15.6. The van der Waals surface area contributed by atoms with E-state index in [1.54, 1.807) is 0 Å². The zero-order valence-corrected chi connectivity index (χ0v) is 13.4. The van der Waals surface area contributed by atoms with Crippen LogP contribution < -0.4 is 20.9 Å². The summed E-state index contributed by atoms with van der Waals surface area (Å²) in [6.07, 6.45) is 0. The molecule has 3 N–H and O–H groups in total. The summed E-state index contributed by atoms with van der Waals surface area (Å²) in [7, 11) is 7.62. The number of nitrogens with zero attached hydrogens (tertiary/aromatic N) is 3. The third kappa shape index (κ3) is 3.43. The standard InChI is InChI=1S/C14H19N5OS/c1-18(2)10-7-5-6-9(8-10)16-13(20)11-12(15)17-14(21-11)19(3)4/h5-8H,15H2,1-4H3,(H,16,20). The van der Waals surface area contributed by atoms with E-state index in [0.29, 0.717) is 10.0 Å². The molecule has 1 heterocycles. The summed E-state index contributed by atoms with van der Waals surface area (Å²) in [4.78, 5) is 20.7. The Labute approximate surface area is 128 Å². The van der Waals surface area contributed by atoms with Gasteiger partial charge in [0.1, 0.15) is 10.7 Å². The lowest BCUT2D eigenvalue weighted by atomic mass is 10.2. The molecule has 0 aliphatic heterocycles. The van der Waals surface area contributed by atoms with Crippen LogP contribution in [0, 0.1) is 0 Å². The van der Waals surface area contributed by atoms with Gasteiger partial charge in [-0.3, -0.25) is 4.79 Å². The third-order valence-electron chi connectivity index (χ3n) is 2.85. The van der Waals surface area contributed by atoms with Gasteiger partial charge >= 0.3 is 0 Å². The van der Waals surface area contributed by atoms with Gasteiger partial charge in [-0.25, -0.2) is 4.98 Å². The summed E-state index contributed by atoms with van der Waals surface area (Å²) in [6.45, 7) is 0. The Bertz CT molecular complexity index is 651. The highest BCUT2D eigenvalue weighted by molar-refractivity contribution is 7.18. The van der Waals surface area contributed by atoms with Crippen LogP contribution in [0.3, 0.4) is 0 Å². The summed E-state index contributed by atoms with van der Waals surface area (Å²) >= 11 is 1.27. The van der Waals surface area contributed by atoms with Crippen molar-refractivity contribution in [3.8, 4) is 0 Å². The minimum absolute atomic E-state index is 0.242. The molecule has 6 nitrogen and oxygen atoms in total. The smallest absolute Gasteiger partial charge is 0.269 e. The molecule has 0 radical (unpaired) electrons. The molecule has 112 valence electrons. The van der Waals surface area contributed by atoms with Crippen LogP contribution in [0.5, 0.6) is 0 Å². The molecule has 2 rings (SSSR count). The summed E-state index contributed by atoms with van der Waals surface area (Å²) in [5, 5.41) is 3.56. The molecule has 0 saturated heterocycles. The van der Waals surface area contributed by atoms with Crippen LogP contribution in [0.15, 0.2) is 24.3 Å². The summed E-state index contributed by atoms with van der Waals surface area (Å²) < 4.78 is 0. The van der Waals surface area contributed by atoms with Crippen molar-refractivity contribution >= 4 is 39.6 Å². The van der Waals surface area contributed by atoms with Crippen molar-refractivity contribution in [1.29, 1.82) is 0 Å². The Hall–Kier alpha value is -2.28. The molecule has 7 heteroatoms. The minimum Gasteiger partial charge on any atom is -0.382 e. The first-order valence-corrected chi connectivity index (χ1v) is 7.22. The first-order chi connectivity index (χ1) is 9.88. The minimum atomic E-state index is -0.242. The van der Waals surface area contributed by atoms with Gasteiger partial charge in [0, 0.05) is 39.6 Å². The van der Waals surface area contributed by atoms with Gasteiger partial charge in [0.2, 0.25) is 0 Å². The van der Waals surface area contributed by atoms with Crippen molar-refractivity contribution in [2.24, 2.45) is 0 Å². The highest BCUT2D eigenvalue weighted by Gasteiger charge is 2.17. The second-order valence-electron chi connectivity index (χ2n) is 5.00. The monoisotopic (exact) mass is 305 g/mol. The molecule has 0 atom stereocenters. The van der Waals surface area contributed by atoms with E-state index in [9.17, 15) is 4.79 Å². The molecule has 0 spiro atoms. The molecule has 0 fully saturated rings. The summed E-state index contributed by atoms with van der Waals surface area (Å²) in [5.74, 6) is 0.0129. The van der Waals surface area contributed by atoms with E-state index in [0.717, 1.165) is 11.4 Å². The van der Waals surface area contributed by atoms with Gasteiger partial charge in [-0.1, -0.05) is 17.4 Å². The quantitative estimate of drug-likeness (QED) is 0.905. The van der Waals surface area contributed by atoms with Gasteiger partial charge in [0.15, 0.2) is 5.13 Å². The molecule has 1 aromatic heterocycles. The van der Waals surface area contributed by atoms with E-state index in [1.807, 2.05) is 62.3 Å². The number of thiazole rings is 1. The first-order valence-electron chi connectivity index (χ1n) is 6.41. The predicted molar refractivity (Wildman–Crippen MR) is 89.6 cm³/mol. The van der Waals surface area contributed by atoms with Crippen LogP contribution in [0.25, 0.3) is 0 Å². The second kappa shape index (κ2) is 6.01. The summed E-state index contributed by atoms with van der Waals surface area (Å²) in [6, 6.07) is 7.62. The highest BCUT2D eigenvalue weighted by atomic mass is 32.1. The van der Waals surface area contributed by atoms with E-state index in [-0.39, 0.29) is 11.7 Å². The molecule has 2 aromatic rings. The van der Waals surface area contributed by atoms with Crippen LogP contribution in [-0.4, -0.2) is 39.1 Å². The number of rotatable bonds is 4. The van der Waals surface area contributed by atoms with Gasteiger partial charge in [0.25, 0.3) is 5.91 Å². The van der Waals surface area contributed by atoms with Crippen LogP contribution in [-0.2, 0) is 0 Å². The molecule has 0 aliphatic rings. The van der Waals surface area contributed by atoms with Crippen molar-refractivity contribution in [3.05, 3.63) is 29.1 Å². The Balaban J connectivity index is 2.20. The normalized spacial score (nSPS) is 10.3. The molecular weight excluding hydrogens is 286 g/mol. The van der Waals surface area contributed by atoms with E-state index in [2.05, 4.69) is 10.3 Å². The number of anilines is 4. The second-order valence-corrected chi connectivity index (χ2v) is 5.98. The van der Waals surface area contributed by atoms with Crippen LogP contribution in [0.4, 0.5) is 22.3 Å². The van der Waals surface area contributed by atoms with Crippen LogP contribution in [0.1, 0.15) is 9.67 Å². The predicted octanol–water partition coefficient (Wildman–Crippen LogP) is 2.11. The van der Waals surface area contributed by atoms with E-state index in [4.69, 9.17) is 5.73 Å². The van der Waals surface area contributed by atoms with Gasteiger partial charge in [-0.2, -0.15) is 0 Å². The fourth-order valence-corrected chi connectivity index (χ4v) is 2.53. The molecule has 0 aliphatic carbocycles. The van der Waals surface area contributed by atoms with Gasteiger partial charge < -0.3 is 20.9 Å².